The summed E-state index contributed by atoms with van der Waals surface area (Å²) in [6.07, 6.45) is 0.920. The molecule has 0 radical (unpaired) electrons. The van der Waals surface area contributed by atoms with E-state index in [0.29, 0.717) is 6.42 Å². The molecule has 5 heteroatoms. The molecule has 0 aliphatic rings. The van der Waals surface area contributed by atoms with Gasteiger partial charge in [0.05, 0.1) is 6.42 Å². The Morgan fingerprint density at radius 3 is 1.50 bits per heavy atom. The average molecular weight is 291 g/mol. The van der Waals surface area contributed by atoms with Gasteiger partial charge in [-0.25, -0.2) is 0 Å². The molecule has 0 saturated carbocycles. The third-order valence-electron chi connectivity index (χ3n) is 3.44. The van der Waals surface area contributed by atoms with Crippen molar-refractivity contribution in [2.24, 2.45) is 0 Å². The van der Waals surface area contributed by atoms with Gasteiger partial charge in [0.1, 0.15) is 12.6 Å². The first kappa shape index (κ1) is 18.0. The van der Waals surface area contributed by atoms with Crippen LogP contribution in [0.1, 0.15) is 48.0 Å². The van der Waals surface area contributed by atoms with Gasteiger partial charge in [0.25, 0.3) is 0 Å². The molecule has 0 aliphatic heterocycles. The molecule has 0 saturated heterocycles. The summed E-state index contributed by atoms with van der Waals surface area (Å²) < 4.78 is 12.1. The summed E-state index contributed by atoms with van der Waals surface area (Å²) in [5.74, 6) is 0. The van der Waals surface area contributed by atoms with E-state index in [9.17, 15) is 4.79 Å². The van der Waals surface area contributed by atoms with Crippen molar-refractivity contribution < 1.29 is 13.6 Å². The van der Waals surface area contributed by atoms with E-state index in [1.807, 2.05) is 0 Å². The van der Waals surface area contributed by atoms with Crippen molar-refractivity contribution in [2.75, 3.05) is 0 Å². The molecule has 0 fully saturated rings. The molecule has 0 aromatic rings. The van der Waals surface area contributed by atoms with E-state index in [4.69, 9.17) is 8.85 Å². The second-order valence-corrected chi connectivity index (χ2v) is 13.7. The first-order chi connectivity index (χ1) is 7.98. The van der Waals surface area contributed by atoms with E-state index >= 15 is 0 Å². The van der Waals surface area contributed by atoms with Crippen molar-refractivity contribution in [3.63, 3.8) is 0 Å². The second-order valence-electron chi connectivity index (χ2n) is 7.12. The number of carbonyl (C=O) groups is 1. The summed E-state index contributed by atoms with van der Waals surface area (Å²) in [6, 6.07) is 0. The maximum Gasteiger partial charge on any atom is 0.182 e. The molecule has 0 rings (SSSR count). The van der Waals surface area contributed by atoms with Gasteiger partial charge < -0.3 is 13.6 Å². The van der Waals surface area contributed by atoms with Gasteiger partial charge in [0.2, 0.25) is 0 Å². The van der Waals surface area contributed by atoms with Crippen LogP contribution in [0.25, 0.3) is 0 Å². The number of rotatable bonds is 6. The van der Waals surface area contributed by atoms with Crippen LogP contribution in [0.15, 0.2) is 0 Å². The fraction of sp³-hybridized carbons (Fsp3) is 0.923. The van der Waals surface area contributed by atoms with Crippen LogP contribution in [0.3, 0.4) is 0 Å². The summed E-state index contributed by atoms with van der Waals surface area (Å²) in [6.45, 7) is 17.5. The molecule has 0 aliphatic carbocycles. The lowest BCUT2D eigenvalue weighted by Gasteiger charge is -2.34. The number of aldehydes is 1. The van der Waals surface area contributed by atoms with Crippen LogP contribution >= 0.6 is 0 Å². The number of hydrogen-bond acceptors (Lipinski definition) is 3. The molecule has 2 unspecified atom stereocenters. The summed E-state index contributed by atoms with van der Waals surface area (Å²) in [4.78, 5) is 10.7. The van der Waals surface area contributed by atoms with Gasteiger partial charge in [-0.3, -0.25) is 0 Å². The van der Waals surface area contributed by atoms with Gasteiger partial charge in [-0.15, -0.1) is 0 Å². The van der Waals surface area contributed by atoms with E-state index in [2.05, 4.69) is 54.6 Å². The van der Waals surface area contributed by atoms with Crippen molar-refractivity contribution in [3.8, 4) is 0 Å². The molecule has 0 aromatic heterocycles. The molecule has 0 spiro atoms. The first-order valence-corrected chi connectivity index (χ1v) is 11.1. The maximum absolute atomic E-state index is 10.7. The molecular formula is C13H30O3Si2. The van der Waals surface area contributed by atoms with Crippen LogP contribution in [-0.2, 0) is 13.6 Å². The van der Waals surface area contributed by atoms with Crippen LogP contribution in [0.5, 0.6) is 0 Å². The van der Waals surface area contributed by atoms with Crippen LogP contribution in [-0.4, -0.2) is 30.7 Å². The zero-order valence-electron chi connectivity index (χ0n) is 13.2. The van der Waals surface area contributed by atoms with Crippen LogP contribution in [0.2, 0.25) is 23.2 Å². The number of carbonyl (C=O) groups excluding carboxylic acids is 1. The molecule has 0 N–H and O–H groups in total. The van der Waals surface area contributed by atoms with Gasteiger partial charge in [-0.2, -0.15) is 0 Å². The third kappa shape index (κ3) is 6.82. The molecule has 2 atom stereocenters. The largest absolute Gasteiger partial charge is 0.396 e. The van der Waals surface area contributed by atoms with Crippen LogP contribution in [0, 0.1) is 0 Å². The molecule has 18 heavy (non-hydrogen) atoms. The standard InChI is InChI=1S/C13H30O3Si2/c1-12(2,3)17(7)15-11(9-10-14)16-18(8)13(4,5)6/h10-11,17-18H,9H2,1-8H3. The second kappa shape index (κ2) is 6.98. The van der Waals surface area contributed by atoms with E-state index in [-0.39, 0.29) is 16.4 Å². The average Bonchev–Trinajstić information content (AvgIpc) is 2.14. The molecule has 108 valence electrons. The van der Waals surface area contributed by atoms with E-state index in [0.717, 1.165) is 6.29 Å². The molecule has 0 bridgehead atoms. The highest BCUT2D eigenvalue weighted by atomic mass is 28.3. The summed E-state index contributed by atoms with van der Waals surface area (Å²) >= 11 is 0. The molecule has 0 amide bonds. The zero-order chi connectivity index (χ0) is 14.6. The highest BCUT2D eigenvalue weighted by Crippen LogP contribution is 2.31. The van der Waals surface area contributed by atoms with Crippen LogP contribution < -0.4 is 0 Å². The quantitative estimate of drug-likeness (QED) is 0.428. The monoisotopic (exact) mass is 290 g/mol. The van der Waals surface area contributed by atoms with Gasteiger partial charge >= 0.3 is 0 Å². The Labute approximate surface area is 116 Å². The number of hydrogen-bond donors (Lipinski definition) is 0. The minimum Gasteiger partial charge on any atom is -0.396 e. The Bertz CT molecular complexity index is 234. The normalized spacial score (nSPS) is 18.2. The lowest BCUT2D eigenvalue weighted by molar-refractivity contribution is -0.113. The van der Waals surface area contributed by atoms with Crippen molar-refractivity contribution in [1.29, 1.82) is 0 Å². The predicted molar refractivity (Wildman–Crippen MR) is 82.1 cm³/mol. The molecule has 3 nitrogen and oxygen atoms in total. The molecule has 0 aromatic carbocycles. The van der Waals surface area contributed by atoms with Gasteiger partial charge in [0, 0.05) is 0 Å². The van der Waals surface area contributed by atoms with Gasteiger partial charge in [-0.05, 0) is 23.2 Å². The minimum atomic E-state index is -1.35. The Hall–Kier alpha value is 0.0238. The lowest BCUT2D eigenvalue weighted by Crippen LogP contribution is -2.38. The fourth-order valence-electron chi connectivity index (χ4n) is 1.09. The predicted octanol–water partition coefficient (Wildman–Crippen LogP) is 3.24. The van der Waals surface area contributed by atoms with Crippen molar-refractivity contribution in [1.82, 2.24) is 0 Å². The SMILES string of the molecule is C[SiH](OC(CC=O)O[SiH](C)C(C)(C)C)C(C)(C)C. The minimum absolute atomic E-state index is 0.191. The van der Waals surface area contributed by atoms with Gasteiger partial charge in [-0.1, -0.05) is 41.5 Å². The summed E-state index contributed by atoms with van der Waals surface area (Å²) in [7, 11) is -2.71. The van der Waals surface area contributed by atoms with Gasteiger partial charge in [0.15, 0.2) is 18.1 Å². The lowest BCUT2D eigenvalue weighted by atomic mass is 10.3. The molecule has 0 heterocycles. The zero-order valence-corrected chi connectivity index (χ0v) is 15.6. The Morgan fingerprint density at radius 2 is 1.28 bits per heavy atom. The van der Waals surface area contributed by atoms with E-state index in [1.165, 1.54) is 0 Å². The fourth-order valence-corrected chi connectivity index (χ4v) is 3.29. The Kier molecular flexibility index (Phi) is 6.99. The topological polar surface area (TPSA) is 35.5 Å². The Morgan fingerprint density at radius 1 is 0.944 bits per heavy atom. The van der Waals surface area contributed by atoms with E-state index in [1.54, 1.807) is 0 Å². The first-order valence-electron chi connectivity index (χ1n) is 6.73. The maximum atomic E-state index is 10.7. The third-order valence-corrected chi connectivity index (χ3v) is 9.74. The van der Waals surface area contributed by atoms with E-state index < -0.39 is 18.1 Å². The van der Waals surface area contributed by atoms with Crippen LogP contribution in [0.4, 0.5) is 0 Å². The summed E-state index contributed by atoms with van der Waals surface area (Å²) in [5.41, 5.74) is 0. The van der Waals surface area contributed by atoms with Crippen molar-refractivity contribution in [2.45, 2.75) is 77.4 Å². The van der Waals surface area contributed by atoms with Crippen molar-refractivity contribution >= 4 is 24.4 Å². The smallest absolute Gasteiger partial charge is 0.182 e. The highest BCUT2D eigenvalue weighted by Gasteiger charge is 2.30. The summed E-state index contributed by atoms with van der Waals surface area (Å²) in [5, 5.41) is 0.383. The van der Waals surface area contributed by atoms with Crippen molar-refractivity contribution in [3.05, 3.63) is 0 Å². The highest BCUT2D eigenvalue weighted by molar-refractivity contribution is 6.55. The molecular weight excluding hydrogens is 260 g/mol. The Balaban J connectivity index is 4.54.